The Kier molecular flexibility index (Phi) is 2.38. The third kappa shape index (κ3) is 1.58. The number of aromatic nitrogens is 1. The maximum absolute atomic E-state index is 12.3. The van der Waals surface area contributed by atoms with Gasteiger partial charge in [-0.3, -0.25) is 4.79 Å². The molecule has 0 bridgehead atoms. The van der Waals surface area contributed by atoms with E-state index in [9.17, 15) is 4.79 Å². The number of nitrogen functional groups attached to an aromatic ring is 1. The SMILES string of the molecule is Nc1cc(Cl)cc2[nH]cc(C(=O)c3ccoc3)c12. The molecule has 2 heterocycles. The molecular formula is C13H9ClN2O2. The van der Waals surface area contributed by atoms with Crippen molar-refractivity contribution >= 4 is 34.0 Å². The molecular weight excluding hydrogens is 252 g/mol. The van der Waals surface area contributed by atoms with Gasteiger partial charge in [0.2, 0.25) is 0 Å². The van der Waals surface area contributed by atoms with Gasteiger partial charge in [-0.2, -0.15) is 0 Å². The average Bonchev–Trinajstić information content (AvgIpc) is 2.96. The summed E-state index contributed by atoms with van der Waals surface area (Å²) >= 11 is 5.91. The Bertz CT molecular complexity index is 729. The van der Waals surface area contributed by atoms with Crippen LogP contribution in [0.4, 0.5) is 5.69 Å². The largest absolute Gasteiger partial charge is 0.472 e. The van der Waals surface area contributed by atoms with Gasteiger partial charge in [0.1, 0.15) is 6.26 Å². The number of nitrogens with two attached hydrogens (primary N) is 1. The lowest BCUT2D eigenvalue weighted by molar-refractivity contribution is 0.103. The van der Waals surface area contributed by atoms with Gasteiger partial charge in [-0.1, -0.05) is 11.6 Å². The Morgan fingerprint density at radius 3 is 2.94 bits per heavy atom. The van der Waals surface area contributed by atoms with E-state index in [0.29, 0.717) is 27.2 Å². The average molecular weight is 261 g/mol. The van der Waals surface area contributed by atoms with Gasteiger partial charge >= 0.3 is 0 Å². The number of halogens is 1. The molecule has 1 aromatic carbocycles. The highest BCUT2D eigenvalue weighted by Gasteiger charge is 2.17. The normalized spacial score (nSPS) is 10.9. The van der Waals surface area contributed by atoms with E-state index < -0.39 is 0 Å². The van der Waals surface area contributed by atoms with Crippen LogP contribution in [0.25, 0.3) is 10.9 Å². The van der Waals surface area contributed by atoms with Gasteiger partial charge in [0.25, 0.3) is 0 Å². The molecule has 3 N–H and O–H groups in total. The molecule has 2 aromatic heterocycles. The van der Waals surface area contributed by atoms with E-state index >= 15 is 0 Å². The zero-order chi connectivity index (χ0) is 12.7. The Balaban J connectivity index is 2.22. The predicted molar refractivity (Wildman–Crippen MR) is 69.9 cm³/mol. The van der Waals surface area contributed by atoms with Crippen molar-refractivity contribution in [3.63, 3.8) is 0 Å². The summed E-state index contributed by atoms with van der Waals surface area (Å²) in [5.74, 6) is -0.135. The molecule has 0 aliphatic rings. The van der Waals surface area contributed by atoms with Crippen LogP contribution in [0.3, 0.4) is 0 Å². The molecule has 3 rings (SSSR count). The second-order valence-electron chi connectivity index (χ2n) is 3.96. The third-order valence-electron chi connectivity index (χ3n) is 2.80. The summed E-state index contributed by atoms with van der Waals surface area (Å²) in [6, 6.07) is 4.98. The van der Waals surface area contributed by atoms with Crippen molar-refractivity contribution in [1.29, 1.82) is 0 Å². The van der Waals surface area contributed by atoms with E-state index in [2.05, 4.69) is 4.98 Å². The number of fused-ring (bicyclic) bond motifs is 1. The Labute approximate surface area is 107 Å². The lowest BCUT2D eigenvalue weighted by atomic mass is 10.0. The Hall–Kier alpha value is -2.20. The van der Waals surface area contributed by atoms with Gasteiger partial charge in [0, 0.05) is 27.8 Å². The summed E-state index contributed by atoms with van der Waals surface area (Å²) in [4.78, 5) is 15.2. The molecule has 0 unspecified atom stereocenters. The molecule has 18 heavy (non-hydrogen) atoms. The number of hydrogen-bond acceptors (Lipinski definition) is 3. The molecule has 0 radical (unpaired) electrons. The predicted octanol–water partition coefficient (Wildman–Crippen LogP) is 3.23. The number of hydrogen-bond donors (Lipinski definition) is 2. The van der Waals surface area contributed by atoms with Gasteiger partial charge < -0.3 is 15.1 Å². The second-order valence-corrected chi connectivity index (χ2v) is 4.40. The molecule has 0 fully saturated rings. The minimum absolute atomic E-state index is 0.135. The molecule has 0 spiro atoms. The van der Waals surface area contributed by atoms with Crippen LogP contribution in [-0.2, 0) is 0 Å². The zero-order valence-corrected chi connectivity index (χ0v) is 9.99. The van der Waals surface area contributed by atoms with E-state index in [1.54, 1.807) is 24.4 Å². The lowest BCUT2D eigenvalue weighted by Crippen LogP contribution is -1.99. The topological polar surface area (TPSA) is 72.0 Å². The molecule has 0 aliphatic carbocycles. The molecule has 0 aliphatic heterocycles. The quantitative estimate of drug-likeness (QED) is 0.549. The van der Waals surface area contributed by atoms with E-state index in [1.807, 2.05) is 0 Å². The van der Waals surface area contributed by atoms with Crippen molar-refractivity contribution in [2.75, 3.05) is 5.73 Å². The summed E-state index contributed by atoms with van der Waals surface area (Å²) in [5.41, 5.74) is 8.14. The summed E-state index contributed by atoms with van der Waals surface area (Å²) < 4.78 is 4.91. The lowest BCUT2D eigenvalue weighted by Gasteiger charge is -2.01. The fourth-order valence-corrected chi connectivity index (χ4v) is 2.22. The van der Waals surface area contributed by atoms with Crippen LogP contribution >= 0.6 is 11.6 Å². The van der Waals surface area contributed by atoms with Gasteiger partial charge in [0.15, 0.2) is 5.78 Å². The number of rotatable bonds is 2. The highest BCUT2D eigenvalue weighted by atomic mass is 35.5. The van der Waals surface area contributed by atoms with Crippen molar-refractivity contribution in [1.82, 2.24) is 4.98 Å². The van der Waals surface area contributed by atoms with Gasteiger partial charge in [-0.25, -0.2) is 0 Å². The van der Waals surface area contributed by atoms with Crippen LogP contribution < -0.4 is 5.73 Å². The van der Waals surface area contributed by atoms with Crippen LogP contribution in [0.1, 0.15) is 15.9 Å². The highest BCUT2D eigenvalue weighted by Crippen LogP contribution is 2.29. The number of aromatic amines is 1. The van der Waals surface area contributed by atoms with Gasteiger partial charge in [-0.05, 0) is 18.2 Å². The van der Waals surface area contributed by atoms with E-state index in [4.69, 9.17) is 21.8 Å². The number of carbonyl (C=O) groups is 1. The monoisotopic (exact) mass is 260 g/mol. The number of anilines is 1. The van der Waals surface area contributed by atoms with Crippen molar-refractivity contribution in [3.8, 4) is 0 Å². The maximum Gasteiger partial charge on any atom is 0.198 e. The van der Waals surface area contributed by atoms with Crippen LogP contribution in [0.5, 0.6) is 0 Å². The second kappa shape index (κ2) is 3.92. The molecule has 0 saturated heterocycles. The molecule has 5 heteroatoms. The number of nitrogens with one attached hydrogen (secondary N) is 1. The van der Waals surface area contributed by atoms with E-state index in [1.165, 1.54) is 12.5 Å². The van der Waals surface area contributed by atoms with Crippen LogP contribution in [0.15, 0.2) is 41.3 Å². The minimum atomic E-state index is -0.135. The number of ketones is 1. The summed E-state index contributed by atoms with van der Waals surface area (Å²) in [5, 5.41) is 1.22. The van der Waals surface area contributed by atoms with Gasteiger partial charge in [0.05, 0.1) is 17.4 Å². The molecule has 3 aromatic rings. The first-order chi connectivity index (χ1) is 8.66. The minimum Gasteiger partial charge on any atom is -0.472 e. The van der Waals surface area contributed by atoms with Crippen LogP contribution in [-0.4, -0.2) is 10.8 Å². The Morgan fingerprint density at radius 2 is 2.22 bits per heavy atom. The Morgan fingerprint density at radius 1 is 1.39 bits per heavy atom. The van der Waals surface area contributed by atoms with Crippen LogP contribution in [0, 0.1) is 0 Å². The molecule has 0 amide bonds. The fraction of sp³-hybridized carbons (Fsp3) is 0. The zero-order valence-electron chi connectivity index (χ0n) is 9.24. The standard InChI is InChI=1S/C13H9ClN2O2/c14-8-3-10(15)12-9(5-16-11(12)4-8)13(17)7-1-2-18-6-7/h1-6,16H,15H2. The summed E-state index contributed by atoms with van der Waals surface area (Å²) in [6.45, 7) is 0. The first-order valence-corrected chi connectivity index (χ1v) is 5.67. The highest BCUT2D eigenvalue weighted by molar-refractivity contribution is 6.32. The molecule has 0 atom stereocenters. The smallest absolute Gasteiger partial charge is 0.198 e. The van der Waals surface area contributed by atoms with Crippen molar-refractivity contribution < 1.29 is 9.21 Å². The van der Waals surface area contributed by atoms with Crippen molar-refractivity contribution in [2.24, 2.45) is 0 Å². The van der Waals surface area contributed by atoms with E-state index in [0.717, 1.165) is 5.52 Å². The summed E-state index contributed by atoms with van der Waals surface area (Å²) in [7, 11) is 0. The number of carbonyl (C=O) groups excluding carboxylic acids is 1. The summed E-state index contributed by atoms with van der Waals surface area (Å²) in [6.07, 6.45) is 4.50. The molecule has 90 valence electrons. The van der Waals surface area contributed by atoms with Gasteiger partial charge in [-0.15, -0.1) is 0 Å². The molecule has 4 nitrogen and oxygen atoms in total. The van der Waals surface area contributed by atoms with Crippen LogP contribution in [0.2, 0.25) is 5.02 Å². The number of H-pyrrole nitrogens is 1. The first-order valence-electron chi connectivity index (χ1n) is 5.30. The van der Waals surface area contributed by atoms with E-state index in [-0.39, 0.29) is 5.78 Å². The number of benzene rings is 1. The van der Waals surface area contributed by atoms with Crippen molar-refractivity contribution in [3.05, 3.63) is 53.1 Å². The number of furan rings is 1. The fourth-order valence-electron chi connectivity index (χ4n) is 1.99. The first kappa shape index (κ1) is 10.9. The van der Waals surface area contributed by atoms with Crippen molar-refractivity contribution in [2.45, 2.75) is 0 Å². The third-order valence-corrected chi connectivity index (χ3v) is 3.02. The molecule has 0 saturated carbocycles. The maximum atomic E-state index is 12.3.